The van der Waals surface area contributed by atoms with E-state index in [0.29, 0.717) is 5.56 Å². The number of carboxylic acid groups (broad SMARTS) is 1. The molecule has 0 amide bonds. The van der Waals surface area contributed by atoms with E-state index in [4.69, 9.17) is 16.2 Å². The minimum atomic E-state index is -1.45. The molecule has 1 aromatic carbocycles. The number of aliphatic carboxylic acids is 1. The normalized spacial score (nSPS) is 11.8. The fraction of sp³-hybridized carbons (Fsp3) is 0.0909. The Morgan fingerprint density at radius 3 is 2.19 bits per heavy atom. The number of rotatable bonds is 3. The van der Waals surface area contributed by atoms with E-state index >= 15 is 0 Å². The number of nitrogens with one attached hydrogen (secondary N) is 1. The summed E-state index contributed by atoms with van der Waals surface area (Å²) in [5.74, 6) is -2.18. The first-order valence-electron chi connectivity index (χ1n) is 4.51. The lowest BCUT2D eigenvalue weighted by Crippen LogP contribution is -2.18. The van der Waals surface area contributed by atoms with E-state index in [2.05, 4.69) is 0 Å². The van der Waals surface area contributed by atoms with Gasteiger partial charge in [0.05, 0.1) is 0 Å². The summed E-state index contributed by atoms with van der Waals surface area (Å²) >= 11 is 0. The van der Waals surface area contributed by atoms with Crippen molar-refractivity contribution < 1.29 is 15.0 Å². The van der Waals surface area contributed by atoms with Gasteiger partial charge in [-0.25, -0.2) is 4.79 Å². The summed E-state index contributed by atoms with van der Waals surface area (Å²) in [5.41, 5.74) is 5.50. The number of benzene rings is 1. The Morgan fingerprint density at radius 1 is 1.25 bits per heavy atom. The maximum Gasteiger partial charge on any atom is 0.355 e. The number of nitrogens with two attached hydrogens (primary N) is 1. The molecule has 16 heavy (non-hydrogen) atoms. The van der Waals surface area contributed by atoms with Gasteiger partial charge in [-0.05, 0) is 6.92 Å². The fourth-order valence-electron chi connectivity index (χ4n) is 1.09. The summed E-state index contributed by atoms with van der Waals surface area (Å²) in [6, 6.07) is 6.74. The van der Waals surface area contributed by atoms with Crippen molar-refractivity contribution in [2.24, 2.45) is 5.73 Å². The maximum absolute atomic E-state index is 10.5. The predicted molar refractivity (Wildman–Crippen MR) is 59.5 cm³/mol. The van der Waals surface area contributed by atoms with Crippen molar-refractivity contribution in [3.63, 3.8) is 0 Å². The number of aryl methyl sites for hydroxylation is 1. The van der Waals surface area contributed by atoms with Crippen molar-refractivity contribution in [1.29, 1.82) is 5.41 Å². The Labute approximate surface area is 92.3 Å². The van der Waals surface area contributed by atoms with Gasteiger partial charge < -0.3 is 15.9 Å². The summed E-state index contributed by atoms with van der Waals surface area (Å²) in [6.45, 7) is 1.88. The van der Waals surface area contributed by atoms with Crippen molar-refractivity contribution in [2.75, 3.05) is 0 Å². The molecule has 0 aliphatic heterocycles. The van der Waals surface area contributed by atoms with Crippen LogP contribution in [-0.4, -0.2) is 21.9 Å². The van der Waals surface area contributed by atoms with Gasteiger partial charge in [0.2, 0.25) is 0 Å². The molecule has 1 rings (SSSR count). The lowest BCUT2D eigenvalue weighted by molar-refractivity contribution is -0.132. The second-order valence-electron chi connectivity index (χ2n) is 3.31. The molecule has 0 aliphatic carbocycles. The van der Waals surface area contributed by atoms with Crippen LogP contribution in [0.2, 0.25) is 0 Å². The molecule has 0 unspecified atom stereocenters. The van der Waals surface area contributed by atoms with Crippen LogP contribution < -0.4 is 5.73 Å². The molecule has 0 bridgehead atoms. The molecule has 0 radical (unpaired) electrons. The number of allylic oxidation sites excluding steroid dienone is 1. The monoisotopic (exact) mass is 220 g/mol. The fourth-order valence-corrected chi connectivity index (χ4v) is 1.09. The average molecular weight is 220 g/mol. The molecule has 1 aromatic rings. The molecule has 5 nitrogen and oxygen atoms in total. The van der Waals surface area contributed by atoms with E-state index in [1.165, 1.54) is 0 Å². The smallest absolute Gasteiger partial charge is 0.355 e. The van der Waals surface area contributed by atoms with Crippen molar-refractivity contribution >= 4 is 11.7 Å². The number of aliphatic hydroxyl groups excluding tert-OH is 1. The topological polar surface area (TPSA) is 107 Å². The minimum absolute atomic E-state index is 0.306. The van der Waals surface area contributed by atoms with E-state index in [-0.39, 0.29) is 5.71 Å². The highest BCUT2D eigenvalue weighted by Crippen LogP contribution is 2.09. The molecule has 0 aromatic heterocycles. The molecule has 0 spiro atoms. The third-order valence-corrected chi connectivity index (χ3v) is 2.06. The molecule has 0 aliphatic rings. The Bertz CT molecular complexity index is 461. The third kappa shape index (κ3) is 2.38. The first-order chi connectivity index (χ1) is 7.43. The zero-order chi connectivity index (χ0) is 12.3. The Hall–Kier alpha value is -2.30. The second kappa shape index (κ2) is 4.48. The number of aliphatic hydroxyl groups is 1. The van der Waals surface area contributed by atoms with Gasteiger partial charge in [0.15, 0.2) is 11.5 Å². The summed E-state index contributed by atoms with van der Waals surface area (Å²) < 4.78 is 0. The number of hydrogen-bond donors (Lipinski definition) is 4. The maximum atomic E-state index is 10.5. The van der Waals surface area contributed by atoms with Gasteiger partial charge in [-0.1, -0.05) is 29.8 Å². The summed E-state index contributed by atoms with van der Waals surface area (Å²) in [6.07, 6.45) is 0. The van der Waals surface area contributed by atoms with Gasteiger partial charge in [-0.15, -0.1) is 0 Å². The summed E-state index contributed by atoms with van der Waals surface area (Å²) in [7, 11) is 0. The first kappa shape index (κ1) is 11.8. The van der Waals surface area contributed by atoms with Crippen LogP contribution in [0.25, 0.3) is 0 Å². The SMILES string of the molecule is Cc1ccc(C(=N)C(O)=C(N)C(=O)O)cc1. The highest BCUT2D eigenvalue weighted by molar-refractivity contribution is 6.12. The lowest BCUT2D eigenvalue weighted by Gasteiger charge is -2.05. The molecule has 5 heteroatoms. The molecule has 0 saturated carbocycles. The number of carbonyl (C=O) groups is 1. The van der Waals surface area contributed by atoms with Gasteiger partial charge >= 0.3 is 5.97 Å². The molecule has 5 N–H and O–H groups in total. The van der Waals surface area contributed by atoms with Crippen LogP contribution in [0.1, 0.15) is 11.1 Å². The largest absolute Gasteiger partial charge is 0.504 e. The van der Waals surface area contributed by atoms with Crippen molar-refractivity contribution in [3.05, 3.63) is 46.8 Å². The highest BCUT2D eigenvalue weighted by Gasteiger charge is 2.15. The Balaban J connectivity index is 3.08. The Kier molecular flexibility index (Phi) is 3.30. The van der Waals surface area contributed by atoms with E-state index in [1.807, 2.05) is 6.92 Å². The van der Waals surface area contributed by atoms with Crippen LogP contribution in [0.15, 0.2) is 35.7 Å². The van der Waals surface area contributed by atoms with Gasteiger partial charge in [-0.3, -0.25) is 5.41 Å². The van der Waals surface area contributed by atoms with E-state index in [9.17, 15) is 9.90 Å². The molecule has 0 heterocycles. The van der Waals surface area contributed by atoms with E-state index < -0.39 is 17.4 Å². The molecular weight excluding hydrogens is 208 g/mol. The molecule has 0 fully saturated rings. The quantitative estimate of drug-likeness (QED) is 0.348. The van der Waals surface area contributed by atoms with Gasteiger partial charge in [0.1, 0.15) is 5.71 Å². The van der Waals surface area contributed by atoms with Crippen LogP contribution in [0, 0.1) is 12.3 Å². The average Bonchev–Trinajstić information content (AvgIpc) is 2.27. The van der Waals surface area contributed by atoms with Gasteiger partial charge in [0, 0.05) is 5.56 Å². The molecule has 0 saturated heterocycles. The second-order valence-corrected chi connectivity index (χ2v) is 3.31. The van der Waals surface area contributed by atoms with Gasteiger partial charge in [0.25, 0.3) is 0 Å². The molecule has 84 valence electrons. The van der Waals surface area contributed by atoms with Crippen LogP contribution >= 0.6 is 0 Å². The predicted octanol–water partition coefficient (Wildman–Crippen LogP) is 1.18. The van der Waals surface area contributed by atoms with E-state index in [0.717, 1.165) is 5.56 Å². The van der Waals surface area contributed by atoms with Crippen LogP contribution in [0.4, 0.5) is 0 Å². The summed E-state index contributed by atoms with van der Waals surface area (Å²) in [4.78, 5) is 10.5. The minimum Gasteiger partial charge on any atom is -0.504 e. The molecule has 0 atom stereocenters. The summed E-state index contributed by atoms with van der Waals surface area (Å²) in [5, 5.41) is 25.6. The number of hydrogen-bond acceptors (Lipinski definition) is 4. The van der Waals surface area contributed by atoms with Crippen molar-refractivity contribution in [3.8, 4) is 0 Å². The third-order valence-electron chi connectivity index (χ3n) is 2.06. The zero-order valence-electron chi connectivity index (χ0n) is 8.69. The lowest BCUT2D eigenvalue weighted by atomic mass is 10.1. The highest BCUT2D eigenvalue weighted by atomic mass is 16.4. The van der Waals surface area contributed by atoms with Gasteiger partial charge in [-0.2, -0.15) is 0 Å². The zero-order valence-corrected chi connectivity index (χ0v) is 8.69. The Morgan fingerprint density at radius 2 is 1.75 bits per heavy atom. The van der Waals surface area contributed by atoms with E-state index in [1.54, 1.807) is 24.3 Å². The van der Waals surface area contributed by atoms with Crippen LogP contribution in [0.3, 0.4) is 0 Å². The van der Waals surface area contributed by atoms with Crippen LogP contribution in [0.5, 0.6) is 0 Å². The van der Waals surface area contributed by atoms with Crippen molar-refractivity contribution in [2.45, 2.75) is 6.92 Å². The van der Waals surface area contributed by atoms with Crippen molar-refractivity contribution in [1.82, 2.24) is 0 Å². The number of carboxylic acids is 1. The molecular formula is C11H12N2O3. The first-order valence-corrected chi connectivity index (χ1v) is 4.51. The van der Waals surface area contributed by atoms with Crippen LogP contribution in [-0.2, 0) is 4.79 Å². The standard InChI is InChI=1S/C11H12N2O3/c1-6-2-4-7(5-3-6)8(12)10(14)9(13)11(15)16/h2-5,12,14H,13H2,1H3,(H,15,16).